The van der Waals surface area contributed by atoms with Gasteiger partial charge in [-0.3, -0.25) is 4.79 Å². The van der Waals surface area contributed by atoms with E-state index >= 15 is 0 Å². The molecule has 2 heterocycles. The molecule has 1 atom stereocenters. The predicted molar refractivity (Wildman–Crippen MR) is 67.9 cm³/mol. The zero-order chi connectivity index (χ0) is 12.7. The summed E-state index contributed by atoms with van der Waals surface area (Å²) >= 11 is 4.89. The summed E-state index contributed by atoms with van der Waals surface area (Å²) in [5, 5.41) is 9.44. The fourth-order valence-electron chi connectivity index (χ4n) is 2.19. The van der Waals surface area contributed by atoms with Gasteiger partial charge in [-0.2, -0.15) is 0 Å². The number of benzene rings is 1. The number of aliphatic hydroxyl groups is 1. The highest BCUT2D eigenvalue weighted by Gasteiger charge is 2.25. The number of carbonyl (C=O) groups excluding carboxylic acids is 1. The van der Waals surface area contributed by atoms with Crippen molar-refractivity contribution < 1.29 is 14.3 Å². The van der Waals surface area contributed by atoms with Gasteiger partial charge in [0.25, 0.3) is 10.7 Å². The summed E-state index contributed by atoms with van der Waals surface area (Å²) in [7, 11) is 0. The summed E-state index contributed by atoms with van der Waals surface area (Å²) < 4.78 is 5.28. The SMILES string of the molecule is O=C(c1ccc2[nH]c(=S)oc2c1)N1CC[C@@H](O)C1. The van der Waals surface area contributed by atoms with E-state index in [-0.39, 0.29) is 5.91 Å². The minimum atomic E-state index is -0.408. The van der Waals surface area contributed by atoms with Crippen LogP contribution in [0, 0.1) is 4.84 Å². The number of rotatable bonds is 1. The van der Waals surface area contributed by atoms with E-state index in [0.29, 0.717) is 35.5 Å². The number of aromatic amines is 1. The second-order valence-corrected chi connectivity index (χ2v) is 4.79. The number of nitrogens with zero attached hydrogens (tertiary/aromatic N) is 1. The molecule has 0 radical (unpaired) electrons. The molecular weight excluding hydrogens is 252 g/mol. The molecule has 2 N–H and O–H groups in total. The van der Waals surface area contributed by atoms with Crippen LogP contribution in [0.15, 0.2) is 22.6 Å². The molecule has 2 aromatic rings. The van der Waals surface area contributed by atoms with Gasteiger partial charge in [-0.1, -0.05) is 0 Å². The highest BCUT2D eigenvalue weighted by Crippen LogP contribution is 2.18. The normalized spacial score (nSPS) is 19.6. The summed E-state index contributed by atoms with van der Waals surface area (Å²) in [5.41, 5.74) is 1.90. The number of H-pyrrole nitrogens is 1. The first kappa shape index (κ1) is 11.4. The lowest BCUT2D eigenvalue weighted by atomic mass is 10.2. The van der Waals surface area contributed by atoms with Gasteiger partial charge >= 0.3 is 0 Å². The Morgan fingerprint density at radius 3 is 3.11 bits per heavy atom. The lowest BCUT2D eigenvalue weighted by Gasteiger charge is -2.15. The van der Waals surface area contributed by atoms with Crippen LogP contribution in [0.3, 0.4) is 0 Å². The molecule has 1 aliphatic heterocycles. The summed E-state index contributed by atoms with van der Waals surface area (Å²) in [6.45, 7) is 0.988. The molecular formula is C12H12N2O3S. The second kappa shape index (κ2) is 4.22. The number of nitrogens with one attached hydrogen (secondary N) is 1. The molecule has 5 nitrogen and oxygen atoms in total. The van der Waals surface area contributed by atoms with Crippen molar-refractivity contribution in [2.45, 2.75) is 12.5 Å². The van der Waals surface area contributed by atoms with Crippen LogP contribution in [0.5, 0.6) is 0 Å². The van der Waals surface area contributed by atoms with Crippen LogP contribution in [0.25, 0.3) is 11.1 Å². The third-order valence-electron chi connectivity index (χ3n) is 3.12. The van der Waals surface area contributed by atoms with Crippen molar-refractivity contribution in [1.29, 1.82) is 0 Å². The third-order valence-corrected chi connectivity index (χ3v) is 3.30. The average molecular weight is 264 g/mol. The second-order valence-electron chi connectivity index (χ2n) is 4.42. The maximum Gasteiger partial charge on any atom is 0.266 e. The summed E-state index contributed by atoms with van der Waals surface area (Å²) in [6.07, 6.45) is 0.229. The molecule has 0 aliphatic carbocycles. The smallest absolute Gasteiger partial charge is 0.266 e. The Kier molecular flexibility index (Phi) is 2.68. The Hall–Kier alpha value is -1.66. The van der Waals surface area contributed by atoms with Crippen LogP contribution < -0.4 is 0 Å². The van der Waals surface area contributed by atoms with Crippen molar-refractivity contribution in [1.82, 2.24) is 9.88 Å². The maximum atomic E-state index is 12.2. The van der Waals surface area contributed by atoms with Gasteiger partial charge in [0.05, 0.1) is 11.6 Å². The van der Waals surface area contributed by atoms with Crippen LogP contribution in [0.1, 0.15) is 16.8 Å². The number of oxazole rings is 1. The standard InChI is InChI=1S/C12H12N2O3S/c15-8-3-4-14(6-8)11(16)7-1-2-9-10(5-7)17-12(18)13-9/h1-2,5,8,15H,3-4,6H2,(H,13,18)/t8-/m1/s1. The molecule has 0 spiro atoms. The van der Waals surface area contributed by atoms with Gasteiger partial charge in [0, 0.05) is 18.7 Å². The number of aromatic nitrogens is 1. The average Bonchev–Trinajstić information content (AvgIpc) is 2.92. The maximum absolute atomic E-state index is 12.2. The van der Waals surface area contributed by atoms with Crippen LogP contribution >= 0.6 is 12.2 Å². The number of carbonyl (C=O) groups is 1. The number of aliphatic hydroxyl groups excluding tert-OH is 1. The van der Waals surface area contributed by atoms with Gasteiger partial charge in [-0.25, -0.2) is 0 Å². The van der Waals surface area contributed by atoms with E-state index in [4.69, 9.17) is 16.6 Å². The zero-order valence-electron chi connectivity index (χ0n) is 9.55. The molecule has 1 saturated heterocycles. The highest BCUT2D eigenvalue weighted by atomic mass is 32.1. The minimum Gasteiger partial charge on any atom is -0.429 e. The fourth-order valence-corrected chi connectivity index (χ4v) is 2.39. The van der Waals surface area contributed by atoms with Gasteiger partial charge in [-0.05, 0) is 36.8 Å². The van der Waals surface area contributed by atoms with Crippen molar-refractivity contribution in [3.05, 3.63) is 28.6 Å². The molecule has 3 rings (SSSR count). The van der Waals surface area contributed by atoms with E-state index in [1.807, 2.05) is 0 Å². The lowest BCUT2D eigenvalue weighted by molar-refractivity contribution is 0.0765. The number of fused-ring (bicyclic) bond motifs is 1. The van der Waals surface area contributed by atoms with Crippen LogP contribution in [-0.4, -0.2) is 40.1 Å². The van der Waals surface area contributed by atoms with Gasteiger partial charge < -0.3 is 19.4 Å². The Bertz CT molecular complexity index is 661. The highest BCUT2D eigenvalue weighted by molar-refractivity contribution is 7.71. The van der Waals surface area contributed by atoms with Crippen LogP contribution in [0.2, 0.25) is 0 Å². The fraction of sp³-hybridized carbons (Fsp3) is 0.333. The number of β-amino-alcohol motifs (C(OH)–C–C–N with tert-alkyl or cyclic N) is 1. The number of likely N-dealkylation sites (tertiary alicyclic amines) is 1. The number of hydrogen-bond acceptors (Lipinski definition) is 4. The molecule has 6 heteroatoms. The molecule has 1 fully saturated rings. The van der Waals surface area contributed by atoms with Crippen molar-refractivity contribution in [2.24, 2.45) is 0 Å². The van der Waals surface area contributed by atoms with Crippen molar-refractivity contribution in [3.8, 4) is 0 Å². The largest absolute Gasteiger partial charge is 0.429 e. The Balaban J connectivity index is 1.93. The first-order chi connectivity index (χ1) is 8.63. The lowest BCUT2D eigenvalue weighted by Crippen LogP contribution is -2.29. The van der Waals surface area contributed by atoms with Gasteiger partial charge in [0.15, 0.2) is 5.58 Å². The Morgan fingerprint density at radius 2 is 2.39 bits per heavy atom. The topological polar surface area (TPSA) is 69.5 Å². The van der Waals surface area contributed by atoms with Crippen molar-refractivity contribution in [2.75, 3.05) is 13.1 Å². The molecule has 1 aromatic carbocycles. The molecule has 0 unspecified atom stereocenters. The van der Waals surface area contributed by atoms with Gasteiger partial charge in [0.1, 0.15) is 0 Å². The van der Waals surface area contributed by atoms with E-state index in [2.05, 4.69) is 4.98 Å². The summed E-state index contributed by atoms with van der Waals surface area (Å²) in [5.74, 6) is -0.0873. The Labute approximate surface area is 108 Å². The molecule has 18 heavy (non-hydrogen) atoms. The zero-order valence-corrected chi connectivity index (χ0v) is 10.4. The summed E-state index contributed by atoms with van der Waals surface area (Å²) in [4.78, 5) is 17.0. The first-order valence-corrected chi connectivity index (χ1v) is 6.14. The quantitative estimate of drug-likeness (QED) is 0.769. The molecule has 1 aliphatic rings. The predicted octanol–water partition coefficient (Wildman–Crippen LogP) is 1.70. The van der Waals surface area contributed by atoms with Crippen molar-refractivity contribution >= 4 is 29.2 Å². The van der Waals surface area contributed by atoms with E-state index in [1.165, 1.54) is 0 Å². The monoisotopic (exact) mass is 264 g/mol. The van der Waals surface area contributed by atoms with Gasteiger partial charge in [-0.15, -0.1) is 0 Å². The van der Waals surface area contributed by atoms with E-state index in [9.17, 15) is 9.90 Å². The number of amides is 1. The molecule has 1 aromatic heterocycles. The molecule has 0 saturated carbocycles. The Morgan fingerprint density at radius 1 is 1.56 bits per heavy atom. The van der Waals surface area contributed by atoms with Crippen LogP contribution in [0.4, 0.5) is 0 Å². The van der Waals surface area contributed by atoms with Crippen molar-refractivity contribution in [3.63, 3.8) is 0 Å². The number of hydrogen-bond donors (Lipinski definition) is 2. The minimum absolute atomic E-state index is 0.0873. The van der Waals surface area contributed by atoms with Crippen LogP contribution in [-0.2, 0) is 0 Å². The van der Waals surface area contributed by atoms with E-state index < -0.39 is 6.10 Å². The van der Waals surface area contributed by atoms with E-state index in [0.717, 1.165) is 5.52 Å². The van der Waals surface area contributed by atoms with Gasteiger partial charge in [0.2, 0.25) is 0 Å². The summed E-state index contributed by atoms with van der Waals surface area (Å²) in [6, 6.07) is 5.18. The van der Waals surface area contributed by atoms with E-state index in [1.54, 1.807) is 23.1 Å². The first-order valence-electron chi connectivity index (χ1n) is 5.74. The molecule has 0 bridgehead atoms. The third kappa shape index (κ3) is 1.93. The molecule has 1 amide bonds. The molecule has 94 valence electrons.